The Hall–Kier alpha value is -2.65. The van der Waals surface area contributed by atoms with E-state index in [1.54, 1.807) is 13.8 Å². The van der Waals surface area contributed by atoms with E-state index in [2.05, 4.69) is 25.6 Å². The van der Waals surface area contributed by atoms with Gasteiger partial charge in [-0.2, -0.15) is 17.7 Å². The molecule has 3 aromatic rings. The molecule has 0 aliphatic carbocycles. The lowest BCUT2D eigenvalue weighted by atomic mass is 10.4. The lowest BCUT2D eigenvalue weighted by molar-refractivity contribution is -0.146. The molecule has 3 rings (SSSR count). The summed E-state index contributed by atoms with van der Waals surface area (Å²) in [7, 11) is 0. The summed E-state index contributed by atoms with van der Waals surface area (Å²) in [6, 6.07) is 2.90. The minimum atomic E-state index is -4.62. The van der Waals surface area contributed by atoms with Crippen molar-refractivity contribution in [2.75, 3.05) is 5.32 Å². The van der Waals surface area contributed by atoms with Gasteiger partial charge in [0.25, 0.3) is 5.82 Å². The van der Waals surface area contributed by atoms with Crippen molar-refractivity contribution in [1.29, 1.82) is 0 Å². The van der Waals surface area contributed by atoms with Gasteiger partial charge >= 0.3 is 6.18 Å². The third kappa shape index (κ3) is 2.59. The van der Waals surface area contributed by atoms with Crippen molar-refractivity contribution in [3.63, 3.8) is 0 Å². The standard InChI is InChI=1S/C12H11F3N6O/c1-6-7(2)22-10(17-6)5-16-8-3-4-9-18-19-11(12(13,14)15)21(9)20-8/h3-4H,5H2,1-2H3,(H,16,20). The van der Waals surface area contributed by atoms with Crippen molar-refractivity contribution in [2.45, 2.75) is 26.6 Å². The molecular formula is C12H11F3N6O. The van der Waals surface area contributed by atoms with E-state index in [4.69, 9.17) is 4.42 Å². The van der Waals surface area contributed by atoms with E-state index in [0.29, 0.717) is 16.2 Å². The fourth-order valence-corrected chi connectivity index (χ4v) is 1.84. The summed E-state index contributed by atoms with van der Waals surface area (Å²) in [5.41, 5.74) is 0.777. The Kier molecular flexibility index (Phi) is 3.23. The highest BCUT2D eigenvalue weighted by atomic mass is 19.4. The zero-order valence-corrected chi connectivity index (χ0v) is 11.6. The van der Waals surface area contributed by atoms with Crippen molar-refractivity contribution < 1.29 is 17.6 Å². The fourth-order valence-electron chi connectivity index (χ4n) is 1.84. The second-order valence-corrected chi connectivity index (χ2v) is 4.61. The molecule has 0 atom stereocenters. The number of halogens is 3. The molecular weight excluding hydrogens is 301 g/mol. The van der Waals surface area contributed by atoms with E-state index in [1.807, 2.05) is 0 Å². The van der Waals surface area contributed by atoms with Gasteiger partial charge in [-0.05, 0) is 26.0 Å². The van der Waals surface area contributed by atoms with Gasteiger partial charge in [-0.3, -0.25) is 0 Å². The number of rotatable bonds is 3. The highest BCUT2D eigenvalue weighted by molar-refractivity contribution is 5.44. The Labute approximate surface area is 122 Å². The SMILES string of the molecule is Cc1nc(CNc2ccc3nnc(C(F)(F)F)n3n2)oc1C. The van der Waals surface area contributed by atoms with Crippen LogP contribution >= 0.6 is 0 Å². The summed E-state index contributed by atoms with van der Waals surface area (Å²) in [6.07, 6.45) is -4.62. The molecule has 0 aliphatic rings. The van der Waals surface area contributed by atoms with Crippen LogP contribution in [-0.4, -0.2) is 24.8 Å². The molecule has 3 heterocycles. The molecule has 0 saturated heterocycles. The van der Waals surface area contributed by atoms with Crippen LogP contribution in [0.5, 0.6) is 0 Å². The number of anilines is 1. The van der Waals surface area contributed by atoms with Gasteiger partial charge < -0.3 is 9.73 Å². The number of fused-ring (bicyclic) bond motifs is 1. The Balaban J connectivity index is 1.85. The van der Waals surface area contributed by atoms with Gasteiger partial charge in [0.15, 0.2) is 5.65 Å². The minimum Gasteiger partial charge on any atom is -0.444 e. The smallest absolute Gasteiger partial charge is 0.444 e. The number of aromatic nitrogens is 5. The van der Waals surface area contributed by atoms with Gasteiger partial charge in [0.2, 0.25) is 5.89 Å². The van der Waals surface area contributed by atoms with Gasteiger partial charge in [0, 0.05) is 0 Å². The van der Waals surface area contributed by atoms with Gasteiger partial charge in [0.05, 0.1) is 12.2 Å². The molecule has 0 aliphatic heterocycles. The maximum absolute atomic E-state index is 12.8. The lowest BCUT2D eigenvalue weighted by Crippen LogP contribution is -2.13. The molecule has 0 unspecified atom stereocenters. The van der Waals surface area contributed by atoms with E-state index in [9.17, 15) is 13.2 Å². The van der Waals surface area contributed by atoms with Crippen molar-refractivity contribution in [2.24, 2.45) is 0 Å². The molecule has 0 amide bonds. The lowest BCUT2D eigenvalue weighted by Gasteiger charge is -2.05. The van der Waals surface area contributed by atoms with E-state index < -0.39 is 12.0 Å². The van der Waals surface area contributed by atoms with Crippen LogP contribution in [0, 0.1) is 13.8 Å². The van der Waals surface area contributed by atoms with Crippen molar-refractivity contribution >= 4 is 11.5 Å². The van der Waals surface area contributed by atoms with Crippen molar-refractivity contribution in [3.8, 4) is 0 Å². The van der Waals surface area contributed by atoms with Gasteiger partial charge in [-0.15, -0.1) is 15.3 Å². The van der Waals surface area contributed by atoms with Crippen LogP contribution in [0.3, 0.4) is 0 Å². The summed E-state index contributed by atoms with van der Waals surface area (Å²) in [5.74, 6) is 0.176. The molecule has 0 radical (unpaired) electrons. The van der Waals surface area contributed by atoms with Crippen LogP contribution in [-0.2, 0) is 12.7 Å². The number of nitrogens with zero attached hydrogens (tertiary/aromatic N) is 5. The zero-order valence-electron chi connectivity index (χ0n) is 11.6. The Morgan fingerprint density at radius 2 is 2.00 bits per heavy atom. The minimum absolute atomic E-state index is 0.0145. The predicted octanol–water partition coefficient (Wildman–Crippen LogP) is 2.36. The molecule has 1 N–H and O–H groups in total. The fraction of sp³-hybridized carbons (Fsp3) is 0.333. The summed E-state index contributed by atoms with van der Waals surface area (Å²) in [4.78, 5) is 4.17. The first-order valence-corrected chi connectivity index (χ1v) is 6.31. The zero-order chi connectivity index (χ0) is 15.9. The van der Waals surface area contributed by atoms with Crippen LogP contribution in [0.4, 0.5) is 19.0 Å². The van der Waals surface area contributed by atoms with E-state index in [-0.39, 0.29) is 18.0 Å². The number of aryl methyl sites for hydroxylation is 2. The van der Waals surface area contributed by atoms with Gasteiger partial charge in [0.1, 0.15) is 11.6 Å². The average Bonchev–Trinajstić information content (AvgIpc) is 2.99. The first kappa shape index (κ1) is 14.3. The summed E-state index contributed by atoms with van der Waals surface area (Å²) >= 11 is 0. The third-order valence-electron chi connectivity index (χ3n) is 3.01. The molecule has 7 nitrogen and oxygen atoms in total. The topological polar surface area (TPSA) is 81.1 Å². The van der Waals surface area contributed by atoms with Gasteiger partial charge in [-0.25, -0.2) is 4.98 Å². The van der Waals surface area contributed by atoms with E-state index >= 15 is 0 Å². The van der Waals surface area contributed by atoms with Crippen LogP contribution in [0.15, 0.2) is 16.5 Å². The monoisotopic (exact) mass is 312 g/mol. The van der Waals surface area contributed by atoms with Crippen LogP contribution < -0.4 is 5.32 Å². The van der Waals surface area contributed by atoms with Crippen molar-refractivity contribution in [3.05, 3.63) is 35.3 Å². The number of hydrogen-bond donors (Lipinski definition) is 1. The number of nitrogens with one attached hydrogen (secondary N) is 1. The Morgan fingerprint density at radius 3 is 2.64 bits per heavy atom. The molecule has 0 spiro atoms. The van der Waals surface area contributed by atoms with Crippen LogP contribution in [0.1, 0.15) is 23.2 Å². The van der Waals surface area contributed by atoms with Crippen molar-refractivity contribution in [1.82, 2.24) is 24.8 Å². The summed E-state index contributed by atoms with van der Waals surface area (Å²) < 4.78 is 44.3. The quantitative estimate of drug-likeness (QED) is 0.799. The second-order valence-electron chi connectivity index (χ2n) is 4.61. The highest BCUT2D eigenvalue weighted by Crippen LogP contribution is 2.27. The van der Waals surface area contributed by atoms with Crippen LogP contribution in [0.2, 0.25) is 0 Å². The molecule has 3 aromatic heterocycles. The Morgan fingerprint density at radius 1 is 1.23 bits per heavy atom. The van der Waals surface area contributed by atoms with E-state index in [1.165, 1.54) is 12.1 Å². The molecule has 22 heavy (non-hydrogen) atoms. The number of alkyl halides is 3. The highest BCUT2D eigenvalue weighted by Gasteiger charge is 2.37. The average molecular weight is 312 g/mol. The third-order valence-corrected chi connectivity index (χ3v) is 3.01. The van der Waals surface area contributed by atoms with E-state index in [0.717, 1.165) is 5.69 Å². The summed E-state index contributed by atoms with van der Waals surface area (Å²) in [5, 5.41) is 13.2. The maximum atomic E-state index is 12.8. The van der Waals surface area contributed by atoms with Gasteiger partial charge in [-0.1, -0.05) is 0 Å². The molecule has 0 bridgehead atoms. The van der Waals surface area contributed by atoms with Crippen LogP contribution in [0.25, 0.3) is 5.65 Å². The molecule has 0 saturated carbocycles. The molecule has 0 fully saturated rings. The predicted molar refractivity (Wildman–Crippen MR) is 69.1 cm³/mol. The largest absolute Gasteiger partial charge is 0.453 e. The summed E-state index contributed by atoms with van der Waals surface area (Å²) in [6.45, 7) is 3.79. The first-order valence-electron chi connectivity index (χ1n) is 6.31. The normalized spacial score (nSPS) is 12.0. The molecule has 10 heteroatoms. The Bertz CT molecular complexity index is 802. The second kappa shape index (κ2) is 4.97. The molecule has 116 valence electrons. The molecule has 0 aromatic carbocycles. The maximum Gasteiger partial charge on any atom is 0.453 e. The number of hydrogen-bond acceptors (Lipinski definition) is 6. The number of oxazole rings is 1. The first-order chi connectivity index (χ1) is 10.3.